The zero-order valence-electron chi connectivity index (χ0n) is 18.6. The molecule has 2 N–H and O–H groups in total. The van der Waals surface area contributed by atoms with E-state index >= 15 is 0 Å². The molecule has 0 amide bonds. The molecule has 5 unspecified atom stereocenters. The van der Waals surface area contributed by atoms with Crippen LogP contribution in [0.1, 0.15) is 84.5 Å². The number of hydrogen-bond acceptors (Lipinski definition) is 7. The molecule has 7 nitrogen and oxygen atoms in total. The lowest BCUT2D eigenvalue weighted by Gasteiger charge is -2.71. The number of carbonyl (C=O) groups is 1. The normalized spacial score (nSPS) is 38.8. The van der Waals surface area contributed by atoms with Crippen molar-refractivity contribution in [2.75, 3.05) is 0 Å². The minimum Gasteiger partial charge on any atom is -0.743 e. The second-order valence-corrected chi connectivity index (χ2v) is 12.3. The van der Waals surface area contributed by atoms with Crippen molar-refractivity contribution in [1.82, 2.24) is 0 Å². The predicted molar refractivity (Wildman–Crippen MR) is 108 cm³/mol. The lowest BCUT2D eigenvalue weighted by atomic mass is 9.36. The summed E-state index contributed by atoms with van der Waals surface area (Å²) in [5.74, 6) is -2.60. The number of halogens is 2. The molecule has 10 heteroatoms. The predicted octanol–water partition coefficient (Wildman–Crippen LogP) is 3.09. The van der Waals surface area contributed by atoms with Crippen LogP contribution >= 0.6 is 0 Å². The molecule has 0 aromatic heterocycles. The first-order valence-electron chi connectivity index (χ1n) is 11.7. The molecule has 5 aliphatic rings. The lowest BCUT2D eigenvalue weighted by molar-refractivity contribution is -0.299. The number of esters is 1. The van der Waals surface area contributed by atoms with Crippen LogP contribution in [0.2, 0.25) is 0 Å². The zero-order valence-corrected chi connectivity index (χ0v) is 19.4. The smallest absolute Gasteiger partial charge is 0.428 e. The Morgan fingerprint density at radius 2 is 1.75 bits per heavy atom. The van der Waals surface area contributed by atoms with Gasteiger partial charge in [-0.3, -0.25) is 0 Å². The van der Waals surface area contributed by atoms with Crippen LogP contribution in [0.25, 0.3) is 0 Å². The summed E-state index contributed by atoms with van der Waals surface area (Å²) < 4.78 is 66.3. The molecule has 184 valence electrons. The van der Waals surface area contributed by atoms with Gasteiger partial charge < -0.3 is 19.5 Å². The summed E-state index contributed by atoms with van der Waals surface area (Å²) in [6, 6.07) is 0. The molecule has 0 heterocycles. The van der Waals surface area contributed by atoms with E-state index in [0.29, 0.717) is 51.4 Å². The number of ether oxygens (including phenoxy) is 1. The monoisotopic (exact) mass is 479 g/mol. The summed E-state index contributed by atoms with van der Waals surface area (Å²) in [5, 5.41) is 18.2. The number of carbonyl (C=O) groups excluding carboxylic acids is 1. The molecule has 0 aromatic rings. The van der Waals surface area contributed by atoms with Gasteiger partial charge in [-0.2, -0.15) is 8.78 Å². The van der Waals surface area contributed by atoms with Gasteiger partial charge >= 0.3 is 11.2 Å². The number of rotatable bonds is 7. The zero-order chi connectivity index (χ0) is 23.8. The van der Waals surface area contributed by atoms with Gasteiger partial charge in [0.05, 0.1) is 11.2 Å². The molecule has 5 fully saturated rings. The SMILES string of the molecule is CCC(O)(CC)C12CC3CC(C1)C(OC(=O)C(F)(F)S(=O)(=O)[O-])C(C1(O)CCCC1)(C3)C2. The van der Waals surface area contributed by atoms with Gasteiger partial charge in [0.1, 0.15) is 6.10 Å². The number of alkyl halides is 2. The van der Waals surface area contributed by atoms with E-state index < -0.39 is 49.5 Å². The highest BCUT2D eigenvalue weighted by Gasteiger charge is 2.73. The molecule has 0 saturated heterocycles. The van der Waals surface area contributed by atoms with Crippen LogP contribution in [0.3, 0.4) is 0 Å². The maximum absolute atomic E-state index is 14.0. The Balaban J connectivity index is 1.79. The lowest BCUT2D eigenvalue weighted by Crippen LogP contribution is -2.72. The molecule has 5 rings (SSSR count). The molecule has 5 aliphatic carbocycles. The standard InChI is InChI=1S/C22H34F2O7S/c1-3-20(26,4-2)18-10-14-9-15(12-18)16(31-17(25)22(23,24)32(28,29)30)19(11-14,13-18)21(27)7-5-6-8-21/h14-16,26-27H,3-13H2,1-2H3,(H,28,29,30)/p-1. The van der Waals surface area contributed by atoms with Crippen molar-refractivity contribution in [3.63, 3.8) is 0 Å². The molecular weight excluding hydrogens is 446 g/mol. The Bertz CT molecular complexity index is 881. The fraction of sp³-hybridized carbons (Fsp3) is 0.955. The Labute approximate surface area is 187 Å². The Morgan fingerprint density at radius 3 is 2.28 bits per heavy atom. The maximum atomic E-state index is 14.0. The summed E-state index contributed by atoms with van der Waals surface area (Å²) in [6.07, 6.45) is 4.88. The van der Waals surface area contributed by atoms with Crippen LogP contribution in [0.5, 0.6) is 0 Å². The third-order valence-electron chi connectivity index (χ3n) is 9.55. The molecule has 0 radical (unpaired) electrons. The van der Waals surface area contributed by atoms with Crippen LogP contribution < -0.4 is 0 Å². The molecule has 5 atom stereocenters. The van der Waals surface area contributed by atoms with E-state index in [-0.39, 0.29) is 11.8 Å². The largest absolute Gasteiger partial charge is 0.743 e. The first-order chi connectivity index (χ1) is 14.7. The van der Waals surface area contributed by atoms with Crippen molar-refractivity contribution in [3.05, 3.63) is 0 Å². The number of aliphatic hydroxyl groups is 2. The summed E-state index contributed by atoms with van der Waals surface area (Å²) in [7, 11) is -6.24. The summed E-state index contributed by atoms with van der Waals surface area (Å²) in [6.45, 7) is 3.83. The second kappa shape index (κ2) is 7.33. The first-order valence-corrected chi connectivity index (χ1v) is 13.1. The van der Waals surface area contributed by atoms with Crippen LogP contribution in [0.15, 0.2) is 0 Å². The minimum absolute atomic E-state index is 0.149. The number of hydrogen-bond donors (Lipinski definition) is 2. The van der Waals surface area contributed by atoms with Crippen molar-refractivity contribution in [2.45, 2.75) is 107 Å². The van der Waals surface area contributed by atoms with Crippen molar-refractivity contribution < 1.29 is 41.5 Å². The van der Waals surface area contributed by atoms with Gasteiger partial charge in [-0.25, -0.2) is 13.2 Å². The van der Waals surface area contributed by atoms with Gasteiger partial charge in [0.25, 0.3) is 0 Å². The van der Waals surface area contributed by atoms with Gasteiger partial charge in [-0.15, -0.1) is 0 Å². The molecule has 4 bridgehead atoms. The molecule has 32 heavy (non-hydrogen) atoms. The van der Waals surface area contributed by atoms with Gasteiger partial charge in [0, 0.05) is 10.8 Å². The molecule has 0 aliphatic heterocycles. The Morgan fingerprint density at radius 1 is 1.16 bits per heavy atom. The maximum Gasteiger partial charge on any atom is 0.428 e. The van der Waals surface area contributed by atoms with E-state index in [4.69, 9.17) is 4.74 Å². The first kappa shape index (κ1) is 24.3. The van der Waals surface area contributed by atoms with E-state index in [2.05, 4.69) is 0 Å². The summed E-state index contributed by atoms with van der Waals surface area (Å²) in [4.78, 5) is 12.3. The van der Waals surface area contributed by atoms with E-state index in [1.807, 2.05) is 13.8 Å². The highest BCUT2D eigenvalue weighted by atomic mass is 32.2. The van der Waals surface area contributed by atoms with Crippen LogP contribution in [-0.2, 0) is 19.6 Å². The van der Waals surface area contributed by atoms with E-state index in [0.717, 1.165) is 19.3 Å². The molecular formula is C22H33F2O7S-. The second-order valence-electron chi connectivity index (χ2n) is 10.9. The average molecular weight is 480 g/mol. The van der Waals surface area contributed by atoms with Gasteiger partial charge in [-0.05, 0) is 69.6 Å². The van der Waals surface area contributed by atoms with E-state index in [1.165, 1.54) is 0 Å². The third-order valence-corrected chi connectivity index (χ3v) is 10.3. The highest BCUT2D eigenvalue weighted by molar-refractivity contribution is 7.87. The molecule has 0 aromatic carbocycles. The Hall–Kier alpha value is -0.840. The Kier molecular flexibility index (Phi) is 5.56. The van der Waals surface area contributed by atoms with E-state index in [9.17, 15) is 36.8 Å². The van der Waals surface area contributed by atoms with E-state index in [1.54, 1.807) is 0 Å². The quantitative estimate of drug-likeness (QED) is 0.425. The van der Waals surface area contributed by atoms with Crippen molar-refractivity contribution in [2.24, 2.45) is 22.7 Å². The van der Waals surface area contributed by atoms with Gasteiger partial charge in [0.15, 0.2) is 10.1 Å². The minimum atomic E-state index is -6.24. The third kappa shape index (κ3) is 3.11. The van der Waals surface area contributed by atoms with Gasteiger partial charge in [0.2, 0.25) is 0 Å². The van der Waals surface area contributed by atoms with Crippen molar-refractivity contribution in [3.8, 4) is 0 Å². The van der Waals surface area contributed by atoms with Crippen molar-refractivity contribution in [1.29, 1.82) is 0 Å². The van der Waals surface area contributed by atoms with Crippen LogP contribution in [0.4, 0.5) is 8.78 Å². The molecule has 5 saturated carbocycles. The van der Waals surface area contributed by atoms with Crippen LogP contribution in [-0.4, -0.2) is 51.7 Å². The fourth-order valence-corrected chi connectivity index (χ4v) is 8.49. The average Bonchev–Trinajstić information content (AvgIpc) is 3.16. The van der Waals surface area contributed by atoms with Crippen molar-refractivity contribution >= 4 is 16.1 Å². The van der Waals surface area contributed by atoms with Crippen LogP contribution in [0, 0.1) is 22.7 Å². The topological polar surface area (TPSA) is 124 Å². The fourth-order valence-electron chi connectivity index (χ4n) is 8.24. The van der Waals surface area contributed by atoms with Gasteiger partial charge in [-0.1, -0.05) is 26.7 Å². The molecule has 0 spiro atoms. The summed E-state index contributed by atoms with van der Waals surface area (Å²) >= 11 is 0. The summed E-state index contributed by atoms with van der Waals surface area (Å²) in [5.41, 5.74) is -3.84. The highest BCUT2D eigenvalue weighted by Crippen LogP contribution is 2.73.